The number of carbonyl (C=O) groups is 1. The van der Waals surface area contributed by atoms with Gasteiger partial charge in [0.15, 0.2) is 0 Å². The van der Waals surface area contributed by atoms with Gasteiger partial charge in [-0.2, -0.15) is 0 Å². The molecule has 0 atom stereocenters. The molecule has 0 unspecified atom stereocenters. The van der Waals surface area contributed by atoms with Crippen LogP contribution in [0.15, 0.2) is 29.1 Å². The lowest BCUT2D eigenvalue weighted by atomic mass is 10.1. The van der Waals surface area contributed by atoms with Crippen molar-refractivity contribution in [3.05, 3.63) is 77.2 Å². The Hall–Kier alpha value is -3.56. The predicted octanol–water partition coefficient (Wildman–Crippen LogP) is 1.74. The molecule has 1 aromatic carbocycles. The molecule has 1 amide bonds. The molecule has 0 aliphatic rings. The monoisotopic (exact) mass is 346 g/mol. The molecule has 1 aromatic heterocycles. The third-order valence-corrected chi connectivity index (χ3v) is 3.51. The Morgan fingerprint density at radius 2 is 1.64 bits per heavy atom. The zero-order valence-corrected chi connectivity index (χ0v) is 13.4. The number of non-ortho nitro benzene ring substituents is 2. The summed E-state index contributed by atoms with van der Waals surface area (Å²) in [6.07, 6.45) is 0. The van der Waals surface area contributed by atoms with Gasteiger partial charge < -0.3 is 10.3 Å². The van der Waals surface area contributed by atoms with Crippen LogP contribution in [0.2, 0.25) is 0 Å². The Morgan fingerprint density at radius 1 is 1.08 bits per heavy atom. The summed E-state index contributed by atoms with van der Waals surface area (Å²) in [7, 11) is 0. The normalized spacial score (nSPS) is 10.3. The van der Waals surface area contributed by atoms with Gasteiger partial charge in [-0.15, -0.1) is 0 Å². The Labute approximate surface area is 140 Å². The van der Waals surface area contributed by atoms with Crippen LogP contribution in [0.5, 0.6) is 0 Å². The molecule has 0 aliphatic heterocycles. The average molecular weight is 346 g/mol. The standard InChI is InChI=1S/C15H14N4O6/c1-8-3-9(2)17-15(21)13(8)7-16-14(20)10-4-11(18(22)23)6-12(5-10)19(24)25/h3-6H,7H2,1-2H3,(H,16,20)(H,17,21). The number of amides is 1. The van der Waals surface area contributed by atoms with Gasteiger partial charge in [-0.1, -0.05) is 0 Å². The van der Waals surface area contributed by atoms with Gasteiger partial charge in [-0.3, -0.25) is 29.8 Å². The van der Waals surface area contributed by atoms with Gasteiger partial charge in [0.05, 0.1) is 21.5 Å². The van der Waals surface area contributed by atoms with Crippen molar-refractivity contribution in [2.24, 2.45) is 0 Å². The number of rotatable bonds is 5. The van der Waals surface area contributed by atoms with Gasteiger partial charge in [0.1, 0.15) is 0 Å². The van der Waals surface area contributed by atoms with Crippen molar-refractivity contribution >= 4 is 17.3 Å². The van der Waals surface area contributed by atoms with Gasteiger partial charge in [-0.05, 0) is 25.5 Å². The summed E-state index contributed by atoms with van der Waals surface area (Å²) in [5.41, 5.74) is -0.0466. The van der Waals surface area contributed by atoms with Crippen LogP contribution in [0.1, 0.15) is 27.2 Å². The molecule has 25 heavy (non-hydrogen) atoms. The van der Waals surface area contributed by atoms with Crippen molar-refractivity contribution in [3.63, 3.8) is 0 Å². The van der Waals surface area contributed by atoms with Crippen LogP contribution in [0.3, 0.4) is 0 Å². The summed E-state index contributed by atoms with van der Waals surface area (Å²) >= 11 is 0. The highest BCUT2D eigenvalue weighted by Gasteiger charge is 2.20. The molecule has 0 aliphatic carbocycles. The molecule has 2 rings (SSSR count). The fraction of sp³-hybridized carbons (Fsp3) is 0.200. The van der Waals surface area contributed by atoms with Crippen molar-refractivity contribution in [1.29, 1.82) is 0 Å². The number of nitrogens with one attached hydrogen (secondary N) is 2. The first-order chi connectivity index (χ1) is 11.7. The Balaban J connectivity index is 2.28. The lowest BCUT2D eigenvalue weighted by Gasteiger charge is -2.08. The van der Waals surface area contributed by atoms with E-state index >= 15 is 0 Å². The van der Waals surface area contributed by atoms with Gasteiger partial charge in [0.25, 0.3) is 22.8 Å². The highest BCUT2D eigenvalue weighted by Crippen LogP contribution is 2.22. The van der Waals surface area contributed by atoms with Gasteiger partial charge in [0.2, 0.25) is 0 Å². The maximum atomic E-state index is 12.2. The van der Waals surface area contributed by atoms with E-state index in [0.29, 0.717) is 16.8 Å². The van der Waals surface area contributed by atoms with Crippen LogP contribution in [0, 0.1) is 34.1 Å². The van der Waals surface area contributed by atoms with E-state index in [1.165, 1.54) is 0 Å². The second kappa shape index (κ2) is 6.91. The first-order valence-electron chi connectivity index (χ1n) is 7.10. The van der Waals surface area contributed by atoms with E-state index in [1.54, 1.807) is 19.9 Å². The number of nitro benzene ring substituents is 2. The lowest BCUT2D eigenvalue weighted by Crippen LogP contribution is -2.28. The Bertz CT molecular complexity index is 902. The topological polar surface area (TPSA) is 148 Å². The van der Waals surface area contributed by atoms with Gasteiger partial charge >= 0.3 is 0 Å². The molecule has 10 nitrogen and oxygen atoms in total. The van der Waals surface area contributed by atoms with Gasteiger partial charge in [0, 0.05) is 29.9 Å². The molecular formula is C15H14N4O6. The maximum absolute atomic E-state index is 12.2. The summed E-state index contributed by atoms with van der Waals surface area (Å²) < 4.78 is 0. The minimum atomic E-state index is -0.821. The highest BCUT2D eigenvalue weighted by atomic mass is 16.6. The van der Waals surface area contributed by atoms with Crippen LogP contribution in [-0.4, -0.2) is 20.7 Å². The number of hydrogen-bond donors (Lipinski definition) is 2. The number of aromatic amines is 1. The van der Waals surface area contributed by atoms with E-state index in [2.05, 4.69) is 10.3 Å². The Morgan fingerprint density at radius 3 is 2.12 bits per heavy atom. The van der Waals surface area contributed by atoms with E-state index in [0.717, 1.165) is 18.2 Å². The predicted molar refractivity (Wildman–Crippen MR) is 87.5 cm³/mol. The van der Waals surface area contributed by atoms with Crippen LogP contribution in [-0.2, 0) is 6.54 Å². The lowest BCUT2D eigenvalue weighted by molar-refractivity contribution is -0.394. The molecule has 0 fully saturated rings. The number of aryl methyl sites for hydroxylation is 2. The molecule has 0 radical (unpaired) electrons. The third kappa shape index (κ3) is 4.05. The van der Waals surface area contributed by atoms with Crippen molar-refractivity contribution in [2.75, 3.05) is 0 Å². The number of benzene rings is 1. The van der Waals surface area contributed by atoms with Crippen LogP contribution >= 0.6 is 0 Å². The summed E-state index contributed by atoms with van der Waals surface area (Å²) in [6, 6.07) is 4.38. The van der Waals surface area contributed by atoms with E-state index in [9.17, 15) is 29.8 Å². The number of hydrogen-bond acceptors (Lipinski definition) is 6. The fourth-order valence-corrected chi connectivity index (χ4v) is 2.31. The minimum Gasteiger partial charge on any atom is -0.348 e. The van der Waals surface area contributed by atoms with Crippen molar-refractivity contribution in [2.45, 2.75) is 20.4 Å². The summed E-state index contributed by atoms with van der Waals surface area (Å²) in [6.45, 7) is 3.32. The summed E-state index contributed by atoms with van der Waals surface area (Å²) in [4.78, 5) is 46.8. The van der Waals surface area contributed by atoms with Crippen LogP contribution < -0.4 is 10.9 Å². The number of pyridine rings is 1. The fourth-order valence-electron chi connectivity index (χ4n) is 2.31. The molecule has 0 spiro atoms. The quantitative estimate of drug-likeness (QED) is 0.622. The highest BCUT2D eigenvalue weighted by molar-refractivity contribution is 5.95. The van der Waals surface area contributed by atoms with E-state index in [-0.39, 0.29) is 17.7 Å². The third-order valence-electron chi connectivity index (χ3n) is 3.51. The SMILES string of the molecule is Cc1cc(C)c(CNC(=O)c2cc([N+](=O)[O-])cc([N+](=O)[O-])c2)c(=O)[nH]1. The summed E-state index contributed by atoms with van der Waals surface area (Å²) in [5, 5.41) is 24.2. The zero-order valence-electron chi connectivity index (χ0n) is 13.4. The van der Waals surface area contributed by atoms with Crippen LogP contribution in [0.4, 0.5) is 11.4 Å². The zero-order chi connectivity index (χ0) is 18.7. The second-order valence-corrected chi connectivity index (χ2v) is 5.38. The minimum absolute atomic E-state index is 0.114. The number of H-pyrrole nitrogens is 1. The first-order valence-corrected chi connectivity index (χ1v) is 7.10. The van der Waals surface area contributed by atoms with Crippen molar-refractivity contribution < 1.29 is 14.6 Å². The molecule has 130 valence electrons. The molecule has 0 saturated carbocycles. The molecule has 2 N–H and O–H groups in total. The Kier molecular flexibility index (Phi) is 4.92. The van der Waals surface area contributed by atoms with Crippen LogP contribution in [0.25, 0.3) is 0 Å². The van der Waals surface area contributed by atoms with E-state index in [4.69, 9.17) is 0 Å². The average Bonchev–Trinajstić information content (AvgIpc) is 2.53. The molecule has 10 heteroatoms. The number of nitrogens with zero attached hydrogens (tertiary/aromatic N) is 2. The molecule has 0 bridgehead atoms. The molecule has 2 aromatic rings. The molecule has 0 saturated heterocycles. The van der Waals surface area contributed by atoms with Crippen molar-refractivity contribution in [3.8, 4) is 0 Å². The number of aromatic nitrogens is 1. The summed E-state index contributed by atoms with van der Waals surface area (Å²) in [5.74, 6) is -0.758. The first kappa shape index (κ1) is 17.8. The molecule has 1 heterocycles. The maximum Gasteiger partial charge on any atom is 0.277 e. The molecular weight excluding hydrogens is 332 g/mol. The van der Waals surface area contributed by atoms with Crippen molar-refractivity contribution in [1.82, 2.24) is 10.3 Å². The smallest absolute Gasteiger partial charge is 0.277 e. The number of carbonyl (C=O) groups excluding carboxylic acids is 1. The van der Waals surface area contributed by atoms with Gasteiger partial charge in [-0.25, -0.2) is 0 Å². The number of nitro groups is 2. The largest absolute Gasteiger partial charge is 0.348 e. The van der Waals surface area contributed by atoms with E-state index < -0.39 is 27.1 Å². The second-order valence-electron chi connectivity index (χ2n) is 5.38. The van der Waals surface area contributed by atoms with E-state index in [1.807, 2.05) is 0 Å².